The van der Waals surface area contributed by atoms with Crippen molar-refractivity contribution in [1.29, 1.82) is 0 Å². The van der Waals surface area contributed by atoms with Crippen LogP contribution in [0, 0.1) is 5.82 Å². The van der Waals surface area contributed by atoms with Crippen LogP contribution >= 0.6 is 0 Å². The molecule has 1 fully saturated rings. The molecule has 1 saturated heterocycles. The van der Waals surface area contributed by atoms with Gasteiger partial charge in [0.2, 0.25) is 5.91 Å². The molecule has 0 bridgehead atoms. The number of carbonyl (C=O) groups excluding carboxylic acids is 2. The van der Waals surface area contributed by atoms with Gasteiger partial charge in [-0.15, -0.1) is 0 Å². The molecule has 0 unspecified atom stereocenters. The average Bonchev–Trinajstić information content (AvgIpc) is 3.14. The molecule has 2 amide bonds. The van der Waals surface area contributed by atoms with E-state index in [1.165, 1.54) is 12.1 Å². The Morgan fingerprint density at radius 3 is 2.47 bits per heavy atom. The van der Waals surface area contributed by atoms with Gasteiger partial charge in [-0.3, -0.25) is 14.5 Å². The molecule has 0 spiro atoms. The van der Waals surface area contributed by atoms with Gasteiger partial charge in [0.15, 0.2) is 5.69 Å². The van der Waals surface area contributed by atoms with Crippen molar-refractivity contribution in [3.05, 3.63) is 47.0 Å². The van der Waals surface area contributed by atoms with Crippen molar-refractivity contribution in [2.24, 2.45) is 0 Å². The quantitative estimate of drug-likeness (QED) is 0.811. The van der Waals surface area contributed by atoms with E-state index in [2.05, 4.69) is 15.3 Å². The maximum absolute atomic E-state index is 13.4. The minimum absolute atomic E-state index is 0.0180. The van der Waals surface area contributed by atoms with Crippen LogP contribution in [0.1, 0.15) is 41.5 Å². The van der Waals surface area contributed by atoms with Gasteiger partial charge in [-0.25, -0.2) is 9.07 Å². The van der Waals surface area contributed by atoms with Gasteiger partial charge in [0.05, 0.1) is 12.2 Å². The van der Waals surface area contributed by atoms with Crippen molar-refractivity contribution in [2.45, 2.75) is 32.6 Å². The fraction of sp³-hybridized carbons (Fsp3) is 0.500. The second-order valence-electron chi connectivity index (χ2n) is 7.89. The summed E-state index contributed by atoms with van der Waals surface area (Å²) in [6.07, 6.45) is 3.82. The number of rotatable bonds is 5. The van der Waals surface area contributed by atoms with Crippen LogP contribution < -0.4 is 5.32 Å². The number of benzene rings is 1. The Labute approximate surface area is 175 Å². The van der Waals surface area contributed by atoms with Gasteiger partial charge in [0.1, 0.15) is 5.82 Å². The van der Waals surface area contributed by atoms with Crippen molar-refractivity contribution >= 4 is 11.8 Å². The summed E-state index contributed by atoms with van der Waals surface area (Å²) in [6.45, 7) is 5.39. The molecule has 2 heterocycles. The van der Waals surface area contributed by atoms with Gasteiger partial charge in [-0.05, 0) is 56.9 Å². The summed E-state index contributed by atoms with van der Waals surface area (Å²) in [6, 6.07) is 6.24. The van der Waals surface area contributed by atoms with Crippen LogP contribution in [-0.2, 0) is 17.6 Å². The number of likely N-dealkylation sites (N-methyl/N-ethyl adjacent to an activating group) is 1. The maximum Gasteiger partial charge on any atom is 0.274 e. The van der Waals surface area contributed by atoms with E-state index < -0.39 is 0 Å². The predicted octanol–water partition coefficient (Wildman–Crippen LogP) is 1.78. The number of amides is 2. The van der Waals surface area contributed by atoms with Gasteiger partial charge in [0, 0.05) is 44.0 Å². The smallest absolute Gasteiger partial charge is 0.274 e. The van der Waals surface area contributed by atoms with E-state index in [-0.39, 0.29) is 17.6 Å². The second-order valence-corrected chi connectivity index (χ2v) is 7.89. The van der Waals surface area contributed by atoms with E-state index in [4.69, 9.17) is 0 Å². The minimum atomic E-state index is -0.290. The lowest BCUT2D eigenvalue weighted by molar-refractivity contribution is -0.122. The van der Waals surface area contributed by atoms with Gasteiger partial charge in [0.25, 0.3) is 5.91 Å². The first-order chi connectivity index (χ1) is 14.6. The summed E-state index contributed by atoms with van der Waals surface area (Å²) in [7, 11) is 0. The highest BCUT2D eigenvalue weighted by molar-refractivity contribution is 5.94. The summed E-state index contributed by atoms with van der Waals surface area (Å²) >= 11 is 0. The maximum atomic E-state index is 13.4. The molecule has 7 nitrogen and oxygen atoms in total. The standard InChI is InChI=1S/C22H28FN5O2/c1-2-24-20(29)15-26-11-13-27(14-12-26)22(30)21-18-5-3-4-6-19(18)28(25-21)17-9-7-16(23)8-10-17/h7-10H,2-6,11-15H2,1H3,(H,24,29). The van der Waals surface area contributed by atoms with Crippen molar-refractivity contribution in [1.82, 2.24) is 24.9 Å². The number of nitrogens with one attached hydrogen (secondary N) is 1. The number of halogens is 1. The zero-order valence-corrected chi connectivity index (χ0v) is 17.4. The summed E-state index contributed by atoms with van der Waals surface area (Å²) in [4.78, 5) is 29.0. The Morgan fingerprint density at radius 1 is 1.07 bits per heavy atom. The van der Waals surface area contributed by atoms with Crippen molar-refractivity contribution in [3.63, 3.8) is 0 Å². The summed E-state index contributed by atoms with van der Waals surface area (Å²) in [5.41, 5.74) is 3.39. The normalized spacial score (nSPS) is 16.9. The largest absolute Gasteiger partial charge is 0.355 e. The van der Waals surface area contributed by atoms with Gasteiger partial charge >= 0.3 is 0 Å². The summed E-state index contributed by atoms with van der Waals surface area (Å²) in [5.74, 6) is -0.322. The fourth-order valence-corrected chi connectivity index (χ4v) is 4.28. The molecule has 1 aliphatic carbocycles. The number of fused-ring (bicyclic) bond motifs is 1. The average molecular weight is 413 g/mol. The lowest BCUT2D eigenvalue weighted by atomic mass is 9.95. The number of carbonyl (C=O) groups is 2. The molecule has 0 radical (unpaired) electrons. The molecule has 2 aliphatic rings. The van der Waals surface area contributed by atoms with Crippen LogP contribution in [0.3, 0.4) is 0 Å². The van der Waals surface area contributed by atoms with Gasteiger partial charge < -0.3 is 10.2 Å². The number of hydrogen-bond donors (Lipinski definition) is 1. The van der Waals surface area contributed by atoms with E-state index in [9.17, 15) is 14.0 Å². The molecule has 2 aromatic rings. The molecule has 1 aliphatic heterocycles. The predicted molar refractivity (Wildman–Crippen MR) is 111 cm³/mol. The van der Waals surface area contributed by atoms with E-state index in [1.54, 1.807) is 12.1 Å². The number of nitrogens with zero attached hydrogens (tertiary/aromatic N) is 4. The Kier molecular flexibility index (Phi) is 6.13. The topological polar surface area (TPSA) is 70.5 Å². The minimum Gasteiger partial charge on any atom is -0.355 e. The van der Waals surface area contributed by atoms with Crippen molar-refractivity contribution in [2.75, 3.05) is 39.3 Å². The fourth-order valence-electron chi connectivity index (χ4n) is 4.28. The van der Waals surface area contributed by atoms with E-state index >= 15 is 0 Å². The van der Waals surface area contributed by atoms with Gasteiger partial charge in [-0.2, -0.15) is 5.10 Å². The van der Waals surface area contributed by atoms with Crippen LogP contribution in [0.5, 0.6) is 0 Å². The third kappa shape index (κ3) is 4.23. The molecular weight excluding hydrogens is 385 g/mol. The first kappa shape index (κ1) is 20.5. The Morgan fingerprint density at radius 2 is 1.77 bits per heavy atom. The molecule has 160 valence electrons. The van der Waals surface area contributed by atoms with Crippen LogP contribution in [0.15, 0.2) is 24.3 Å². The second kappa shape index (κ2) is 8.95. The molecule has 8 heteroatoms. The van der Waals surface area contributed by atoms with E-state index in [0.29, 0.717) is 45.0 Å². The molecule has 4 rings (SSSR count). The third-order valence-electron chi connectivity index (χ3n) is 5.85. The Hall–Kier alpha value is -2.74. The Bertz CT molecular complexity index is 916. The SMILES string of the molecule is CCNC(=O)CN1CCN(C(=O)c2nn(-c3ccc(F)cc3)c3c2CCCC3)CC1. The first-order valence-electron chi connectivity index (χ1n) is 10.7. The van der Waals surface area contributed by atoms with Crippen molar-refractivity contribution < 1.29 is 14.0 Å². The highest BCUT2D eigenvalue weighted by Crippen LogP contribution is 2.28. The molecule has 0 atom stereocenters. The first-order valence-corrected chi connectivity index (χ1v) is 10.7. The lowest BCUT2D eigenvalue weighted by Gasteiger charge is -2.34. The highest BCUT2D eigenvalue weighted by Gasteiger charge is 2.30. The molecule has 0 saturated carbocycles. The lowest BCUT2D eigenvalue weighted by Crippen LogP contribution is -2.51. The molecule has 1 aromatic heterocycles. The Balaban J connectivity index is 1.51. The van der Waals surface area contributed by atoms with Crippen LogP contribution in [-0.4, -0.2) is 70.7 Å². The van der Waals surface area contributed by atoms with Gasteiger partial charge in [-0.1, -0.05) is 0 Å². The summed E-state index contributed by atoms with van der Waals surface area (Å²) in [5, 5.41) is 7.50. The van der Waals surface area contributed by atoms with E-state index in [1.807, 2.05) is 16.5 Å². The molecule has 1 N–H and O–H groups in total. The highest BCUT2D eigenvalue weighted by atomic mass is 19.1. The molecular formula is C22H28FN5O2. The summed E-state index contributed by atoms with van der Waals surface area (Å²) < 4.78 is 15.2. The van der Waals surface area contributed by atoms with Crippen LogP contribution in [0.2, 0.25) is 0 Å². The third-order valence-corrected chi connectivity index (χ3v) is 5.85. The monoisotopic (exact) mass is 413 g/mol. The molecule has 1 aromatic carbocycles. The zero-order valence-electron chi connectivity index (χ0n) is 17.4. The van der Waals surface area contributed by atoms with Crippen LogP contribution in [0.25, 0.3) is 5.69 Å². The zero-order chi connectivity index (χ0) is 21.1. The molecule has 30 heavy (non-hydrogen) atoms. The van der Waals surface area contributed by atoms with Crippen LogP contribution in [0.4, 0.5) is 4.39 Å². The number of hydrogen-bond acceptors (Lipinski definition) is 4. The number of piperazine rings is 1. The van der Waals surface area contributed by atoms with E-state index in [0.717, 1.165) is 42.6 Å². The number of aromatic nitrogens is 2. The van der Waals surface area contributed by atoms with Crippen molar-refractivity contribution in [3.8, 4) is 5.69 Å².